The maximum atomic E-state index is 5.46. The number of anilines is 1. The van der Waals surface area contributed by atoms with E-state index in [-0.39, 0.29) is 0 Å². The van der Waals surface area contributed by atoms with Crippen LogP contribution in [-0.4, -0.2) is 21.2 Å². The van der Waals surface area contributed by atoms with E-state index in [0.717, 1.165) is 5.75 Å². The van der Waals surface area contributed by atoms with Crippen molar-refractivity contribution in [2.45, 2.75) is 20.8 Å². The maximum Gasteiger partial charge on any atom is 0.145 e. The Hall–Kier alpha value is -1.18. The molecular weight excluding hydrogens is 174 g/mol. The van der Waals surface area contributed by atoms with Crippen molar-refractivity contribution >= 4 is 5.69 Å². The first-order valence-corrected chi connectivity index (χ1v) is 4.81. The SMILES string of the molecule is COc1c(C)c(C)cc(C)c1N(C)C. The van der Waals surface area contributed by atoms with Crippen LogP contribution in [0.5, 0.6) is 5.75 Å². The maximum absolute atomic E-state index is 5.46. The molecule has 0 amide bonds. The lowest BCUT2D eigenvalue weighted by atomic mass is 10.0. The molecule has 0 aliphatic carbocycles. The lowest BCUT2D eigenvalue weighted by molar-refractivity contribution is 0.411. The van der Waals surface area contributed by atoms with Crippen LogP contribution in [-0.2, 0) is 0 Å². The minimum absolute atomic E-state index is 0.993. The van der Waals surface area contributed by atoms with Gasteiger partial charge in [0.05, 0.1) is 12.8 Å². The lowest BCUT2D eigenvalue weighted by Gasteiger charge is -2.22. The van der Waals surface area contributed by atoms with E-state index < -0.39 is 0 Å². The van der Waals surface area contributed by atoms with E-state index in [4.69, 9.17) is 4.74 Å². The van der Waals surface area contributed by atoms with Crippen molar-refractivity contribution in [3.05, 3.63) is 22.8 Å². The molecule has 0 N–H and O–H groups in total. The zero-order valence-electron chi connectivity index (χ0n) is 9.93. The molecule has 0 radical (unpaired) electrons. The molecule has 1 aromatic carbocycles. The third kappa shape index (κ3) is 1.69. The molecule has 0 spiro atoms. The Kier molecular flexibility index (Phi) is 3.04. The predicted octanol–water partition coefficient (Wildman–Crippen LogP) is 2.69. The van der Waals surface area contributed by atoms with Gasteiger partial charge in [-0.25, -0.2) is 0 Å². The second kappa shape index (κ2) is 3.91. The molecule has 0 fully saturated rings. The van der Waals surface area contributed by atoms with Gasteiger partial charge >= 0.3 is 0 Å². The van der Waals surface area contributed by atoms with Crippen LogP contribution in [0.2, 0.25) is 0 Å². The Bertz CT molecular complexity index is 343. The number of hydrogen-bond acceptors (Lipinski definition) is 2. The first-order chi connectivity index (χ1) is 6.49. The fourth-order valence-corrected chi connectivity index (χ4v) is 1.84. The van der Waals surface area contributed by atoms with E-state index in [1.54, 1.807) is 7.11 Å². The van der Waals surface area contributed by atoms with Crippen molar-refractivity contribution in [1.82, 2.24) is 0 Å². The minimum atomic E-state index is 0.993. The Morgan fingerprint density at radius 1 is 1.07 bits per heavy atom. The minimum Gasteiger partial charge on any atom is -0.494 e. The van der Waals surface area contributed by atoms with Crippen LogP contribution in [0.4, 0.5) is 5.69 Å². The van der Waals surface area contributed by atoms with Crippen LogP contribution in [0, 0.1) is 20.8 Å². The normalized spacial score (nSPS) is 10.1. The van der Waals surface area contributed by atoms with E-state index in [9.17, 15) is 0 Å². The highest BCUT2D eigenvalue weighted by molar-refractivity contribution is 5.67. The summed E-state index contributed by atoms with van der Waals surface area (Å²) in [5.74, 6) is 0.993. The van der Waals surface area contributed by atoms with Crippen molar-refractivity contribution in [2.24, 2.45) is 0 Å². The molecule has 0 unspecified atom stereocenters. The third-order valence-corrected chi connectivity index (χ3v) is 2.61. The molecule has 14 heavy (non-hydrogen) atoms. The molecule has 2 heteroatoms. The highest BCUT2D eigenvalue weighted by atomic mass is 16.5. The number of hydrogen-bond donors (Lipinski definition) is 0. The summed E-state index contributed by atoms with van der Waals surface area (Å²) in [6.45, 7) is 6.33. The molecule has 0 saturated heterocycles. The summed E-state index contributed by atoms with van der Waals surface area (Å²) in [7, 11) is 5.81. The van der Waals surface area contributed by atoms with Gasteiger partial charge in [-0.3, -0.25) is 0 Å². The molecule has 0 aliphatic rings. The van der Waals surface area contributed by atoms with Crippen LogP contribution in [0.1, 0.15) is 16.7 Å². The van der Waals surface area contributed by atoms with Gasteiger partial charge in [-0.05, 0) is 37.5 Å². The molecular formula is C12H19NO. The van der Waals surface area contributed by atoms with E-state index in [2.05, 4.69) is 31.7 Å². The number of nitrogens with zero attached hydrogens (tertiary/aromatic N) is 1. The second-order valence-electron chi connectivity index (χ2n) is 3.91. The monoisotopic (exact) mass is 193 g/mol. The number of aryl methyl sites for hydroxylation is 2. The summed E-state index contributed by atoms with van der Waals surface area (Å²) >= 11 is 0. The van der Waals surface area contributed by atoms with E-state index >= 15 is 0 Å². The van der Waals surface area contributed by atoms with Crippen LogP contribution < -0.4 is 9.64 Å². The molecule has 0 bridgehead atoms. The summed E-state index contributed by atoms with van der Waals surface area (Å²) in [5, 5.41) is 0. The summed E-state index contributed by atoms with van der Waals surface area (Å²) < 4.78 is 5.46. The molecule has 0 saturated carbocycles. The number of ether oxygens (including phenoxy) is 1. The van der Waals surface area contributed by atoms with Crippen molar-refractivity contribution in [3.63, 3.8) is 0 Å². The number of benzene rings is 1. The molecule has 0 heterocycles. The van der Waals surface area contributed by atoms with Gasteiger partial charge in [0.15, 0.2) is 0 Å². The standard InChI is InChI=1S/C12H19NO/c1-8-7-9(2)11(13(4)5)12(14-6)10(8)3/h7H,1-6H3. The van der Waals surface area contributed by atoms with Crippen LogP contribution in [0.15, 0.2) is 6.07 Å². The molecule has 1 aromatic rings. The van der Waals surface area contributed by atoms with Crippen LogP contribution >= 0.6 is 0 Å². The largest absolute Gasteiger partial charge is 0.494 e. The van der Waals surface area contributed by atoms with Gasteiger partial charge in [-0.1, -0.05) is 6.07 Å². The fraction of sp³-hybridized carbons (Fsp3) is 0.500. The summed E-state index contributed by atoms with van der Waals surface area (Å²) in [6.07, 6.45) is 0. The zero-order valence-corrected chi connectivity index (χ0v) is 9.93. The summed E-state index contributed by atoms with van der Waals surface area (Å²) in [4.78, 5) is 2.10. The first kappa shape index (κ1) is 10.9. The number of methoxy groups -OCH3 is 1. The van der Waals surface area contributed by atoms with Crippen molar-refractivity contribution in [2.75, 3.05) is 26.1 Å². The summed E-state index contributed by atoms with van der Waals surface area (Å²) in [5.41, 5.74) is 4.94. The topological polar surface area (TPSA) is 12.5 Å². The molecule has 2 nitrogen and oxygen atoms in total. The van der Waals surface area contributed by atoms with Gasteiger partial charge in [0.2, 0.25) is 0 Å². The highest BCUT2D eigenvalue weighted by Gasteiger charge is 2.13. The molecule has 0 aromatic heterocycles. The van der Waals surface area contributed by atoms with Crippen molar-refractivity contribution < 1.29 is 4.74 Å². The van der Waals surface area contributed by atoms with Crippen molar-refractivity contribution in [3.8, 4) is 5.75 Å². The highest BCUT2D eigenvalue weighted by Crippen LogP contribution is 2.35. The Labute approximate surface area is 86.5 Å². The average Bonchev–Trinajstić information content (AvgIpc) is 2.09. The fourth-order valence-electron chi connectivity index (χ4n) is 1.84. The van der Waals surface area contributed by atoms with Gasteiger partial charge in [0.1, 0.15) is 5.75 Å². The smallest absolute Gasteiger partial charge is 0.145 e. The Morgan fingerprint density at radius 2 is 1.64 bits per heavy atom. The first-order valence-electron chi connectivity index (χ1n) is 4.81. The molecule has 78 valence electrons. The number of rotatable bonds is 2. The molecule has 1 rings (SSSR count). The zero-order chi connectivity index (χ0) is 10.9. The van der Waals surface area contributed by atoms with Gasteiger partial charge in [-0.2, -0.15) is 0 Å². The Balaban J connectivity index is 3.47. The second-order valence-corrected chi connectivity index (χ2v) is 3.91. The lowest BCUT2D eigenvalue weighted by Crippen LogP contribution is -2.13. The molecule has 0 atom stereocenters. The molecule has 0 aliphatic heterocycles. The Morgan fingerprint density at radius 3 is 2.07 bits per heavy atom. The van der Waals surface area contributed by atoms with Crippen molar-refractivity contribution in [1.29, 1.82) is 0 Å². The average molecular weight is 193 g/mol. The van der Waals surface area contributed by atoms with E-state index in [0.29, 0.717) is 0 Å². The summed E-state index contributed by atoms with van der Waals surface area (Å²) in [6, 6.07) is 2.20. The van der Waals surface area contributed by atoms with Gasteiger partial charge in [-0.15, -0.1) is 0 Å². The predicted molar refractivity (Wildman–Crippen MR) is 61.5 cm³/mol. The van der Waals surface area contributed by atoms with E-state index in [1.807, 2.05) is 14.1 Å². The van der Waals surface area contributed by atoms with Gasteiger partial charge < -0.3 is 9.64 Å². The van der Waals surface area contributed by atoms with Gasteiger partial charge in [0, 0.05) is 14.1 Å². The van der Waals surface area contributed by atoms with Crippen LogP contribution in [0.25, 0.3) is 0 Å². The third-order valence-electron chi connectivity index (χ3n) is 2.61. The van der Waals surface area contributed by atoms with Gasteiger partial charge in [0.25, 0.3) is 0 Å². The van der Waals surface area contributed by atoms with Crippen LogP contribution in [0.3, 0.4) is 0 Å². The quantitative estimate of drug-likeness (QED) is 0.716. The van der Waals surface area contributed by atoms with E-state index in [1.165, 1.54) is 22.4 Å².